The van der Waals surface area contributed by atoms with Crippen LogP contribution in [0.15, 0.2) is 42.5 Å². The molecule has 2 nitrogen and oxygen atoms in total. The first-order chi connectivity index (χ1) is 8.11. The van der Waals surface area contributed by atoms with Crippen molar-refractivity contribution in [1.82, 2.24) is 5.32 Å². The van der Waals surface area contributed by atoms with E-state index in [0.717, 1.165) is 12.3 Å². The van der Waals surface area contributed by atoms with Gasteiger partial charge in [-0.3, -0.25) is 0 Å². The van der Waals surface area contributed by atoms with Crippen LogP contribution in [0.2, 0.25) is 0 Å². The highest BCUT2D eigenvalue weighted by atomic mass is 16.5. The van der Waals surface area contributed by atoms with Crippen LogP contribution in [-0.2, 0) is 0 Å². The molecule has 90 valence electrons. The first-order valence-electron chi connectivity index (χ1n) is 5.93. The van der Waals surface area contributed by atoms with Crippen molar-refractivity contribution in [1.29, 1.82) is 0 Å². The summed E-state index contributed by atoms with van der Waals surface area (Å²) in [4.78, 5) is 0. The van der Waals surface area contributed by atoms with Crippen molar-refractivity contribution < 1.29 is 4.74 Å². The summed E-state index contributed by atoms with van der Waals surface area (Å²) in [6.07, 6.45) is 0. The lowest BCUT2D eigenvalue weighted by Gasteiger charge is -2.26. The third-order valence-electron chi connectivity index (χ3n) is 2.72. The quantitative estimate of drug-likeness (QED) is 0.869. The summed E-state index contributed by atoms with van der Waals surface area (Å²) in [5.41, 5.74) is -0.197. The predicted octanol–water partition coefficient (Wildman–Crippen LogP) is 3.22. The lowest BCUT2D eigenvalue weighted by Crippen LogP contribution is -2.38. The molecule has 0 radical (unpaired) electrons. The molecule has 2 aromatic carbocycles. The summed E-state index contributed by atoms with van der Waals surface area (Å²) in [6, 6.07) is 14.5. The molecule has 0 aromatic heterocycles. The third kappa shape index (κ3) is 2.98. The van der Waals surface area contributed by atoms with Crippen LogP contribution >= 0.6 is 0 Å². The topological polar surface area (TPSA) is 21.3 Å². The van der Waals surface area contributed by atoms with E-state index in [1.807, 2.05) is 25.2 Å². The monoisotopic (exact) mass is 229 g/mol. The van der Waals surface area contributed by atoms with Gasteiger partial charge in [-0.1, -0.05) is 30.3 Å². The van der Waals surface area contributed by atoms with Gasteiger partial charge in [0.05, 0.1) is 0 Å². The first-order valence-corrected chi connectivity index (χ1v) is 5.93. The molecule has 0 amide bonds. The third-order valence-corrected chi connectivity index (χ3v) is 2.72. The second-order valence-corrected chi connectivity index (χ2v) is 4.90. The molecule has 1 N–H and O–H groups in total. The standard InChI is InChI=1S/C15H19NO/c1-15(2,11-16-3)17-14-9-8-12-6-4-5-7-13(12)10-14/h4-10,16H,11H2,1-3H3. The molecule has 0 unspecified atom stereocenters. The lowest BCUT2D eigenvalue weighted by atomic mass is 10.1. The van der Waals surface area contributed by atoms with Gasteiger partial charge in [0.1, 0.15) is 11.4 Å². The van der Waals surface area contributed by atoms with E-state index in [2.05, 4.69) is 43.4 Å². The molecule has 0 fully saturated rings. The summed E-state index contributed by atoms with van der Waals surface area (Å²) in [7, 11) is 1.94. The molecule has 0 aliphatic heterocycles. The predicted molar refractivity (Wildman–Crippen MR) is 72.6 cm³/mol. The van der Waals surface area contributed by atoms with Crippen molar-refractivity contribution in [3.63, 3.8) is 0 Å². The molecule has 17 heavy (non-hydrogen) atoms. The van der Waals surface area contributed by atoms with Crippen LogP contribution in [0, 0.1) is 0 Å². The van der Waals surface area contributed by atoms with Crippen molar-refractivity contribution >= 4 is 10.8 Å². The molecule has 2 aromatic rings. The molecule has 0 heterocycles. The van der Waals surface area contributed by atoms with Crippen molar-refractivity contribution in [2.75, 3.05) is 13.6 Å². The van der Waals surface area contributed by atoms with Crippen LogP contribution in [-0.4, -0.2) is 19.2 Å². The zero-order chi connectivity index (χ0) is 12.3. The van der Waals surface area contributed by atoms with E-state index < -0.39 is 0 Å². The lowest BCUT2D eigenvalue weighted by molar-refractivity contribution is 0.111. The molecule has 0 saturated carbocycles. The highest BCUT2D eigenvalue weighted by molar-refractivity contribution is 5.83. The van der Waals surface area contributed by atoms with Gasteiger partial charge in [-0.2, -0.15) is 0 Å². The Kier molecular flexibility index (Phi) is 3.34. The van der Waals surface area contributed by atoms with Crippen LogP contribution in [0.4, 0.5) is 0 Å². The number of nitrogens with one attached hydrogen (secondary N) is 1. The highest BCUT2D eigenvalue weighted by Crippen LogP contribution is 2.23. The molecule has 2 rings (SSSR count). The molecule has 0 aliphatic carbocycles. The normalized spacial score (nSPS) is 11.7. The SMILES string of the molecule is CNCC(C)(C)Oc1ccc2ccccc2c1. The maximum absolute atomic E-state index is 5.99. The minimum Gasteiger partial charge on any atom is -0.487 e. The first kappa shape index (κ1) is 11.9. The minimum absolute atomic E-state index is 0.197. The molecular formula is C15H19NO. The smallest absolute Gasteiger partial charge is 0.120 e. The Morgan fingerprint density at radius 2 is 1.76 bits per heavy atom. The van der Waals surface area contributed by atoms with E-state index in [0.29, 0.717) is 0 Å². The maximum Gasteiger partial charge on any atom is 0.120 e. The fourth-order valence-electron chi connectivity index (χ4n) is 2.01. The van der Waals surface area contributed by atoms with Gasteiger partial charge in [-0.05, 0) is 43.8 Å². The second-order valence-electron chi connectivity index (χ2n) is 4.90. The van der Waals surface area contributed by atoms with Crippen molar-refractivity contribution in [3.05, 3.63) is 42.5 Å². The Morgan fingerprint density at radius 1 is 1.06 bits per heavy atom. The van der Waals surface area contributed by atoms with Crippen LogP contribution in [0.3, 0.4) is 0 Å². The zero-order valence-electron chi connectivity index (χ0n) is 10.7. The van der Waals surface area contributed by atoms with Gasteiger partial charge in [0.15, 0.2) is 0 Å². The summed E-state index contributed by atoms with van der Waals surface area (Å²) in [6.45, 7) is 4.98. The summed E-state index contributed by atoms with van der Waals surface area (Å²) in [5, 5.41) is 5.60. The molecule has 0 bridgehead atoms. The number of benzene rings is 2. The van der Waals surface area contributed by atoms with Gasteiger partial charge in [0, 0.05) is 6.54 Å². The zero-order valence-corrected chi connectivity index (χ0v) is 10.7. The second kappa shape index (κ2) is 4.76. The van der Waals surface area contributed by atoms with E-state index in [1.165, 1.54) is 10.8 Å². The summed E-state index contributed by atoms with van der Waals surface area (Å²) < 4.78 is 5.99. The van der Waals surface area contributed by atoms with Gasteiger partial charge in [0.2, 0.25) is 0 Å². The number of rotatable bonds is 4. The van der Waals surface area contributed by atoms with E-state index in [9.17, 15) is 0 Å². The number of hydrogen-bond acceptors (Lipinski definition) is 2. The Balaban J connectivity index is 2.25. The van der Waals surface area contributed by atoms with Crippen molar-refractivity contribution in [3.8, 4) is 5.75 Å². The van der Waals surface area contributed by atoms with Gasteiger partial charge >= 0.3 is 0 Å². The van der Waals surface area contributed by atoms with Crippen molar-refractivity contribution in [2.24, 2.45) is 0 Å². The molecule has 0 aliphatic rings. The molecule has 0 spiro atoms. The Labute approximate surface area is 103 Å². The number of ether oxygens (including phenoxy) is 1. The van der Waals surface area contributed by atoms with E-state index in [-0.39, 0.29) is 5.60 Å². The van der Waals surface area contributed by atoms with Crippen LogP contribution in [0.25, 0.3) is 10.8 Å². The average molecular weight is 229 g/mol. The van der Waals surface area contributed by atoms with Gasteiger partial charge in [-0.15, -0.1) is 0 Å². The van der Waals surface area contributed by atoms with Gasteiger partial charge in [-0.25, -0.2) is 0 Å². The number of hydrogen-bond donors (Lipinski definition) is 1. The molecule has 0 atom stereocenters. The van der Waals surface area contributed by atoms with Crippen LogP contribution in [0.5, 0.6) is 5.75 Å². The van der Waals surface area contributed by atoms with E-state index in [4.69, 9.17) is 4.74 Å². The Morgan fingerprint density at radius 3 is 2.47 bits per heavy atom. The van der Waals surface area contributed by atoms with E-state index >= 15 is 0 Å². The largest absolute Gasteiger partial charge is 0.487 e. The molecule has 2 heteroatoms. The van der Waals surface area contributed by atoms with Crippen LogP contribution < -0.4 is 10.1 Å². The minimum atomic E-state index is -0.197. The molecular weight excluding hydrogens is 210 g/mol. The summed E-state index contributed by atoms with van der Waals surface area (Å²) in [5.74, 6) is 0.920. The Hall–Kier alpha value is -1.54. The van der Waals surface area contributed by atoms with Crippen molar-refractivity contribution in [2.45, 2.75) is 19.4 Å². The average Bonchev–Trinajstić information content (AvgIpc) is 2.28. The van der Waals surface area contributed by atoms with Gasteiger partial charge in [0.25, 0.3) is 0 Å². The fraction of sp³-hybridized carbons (Fsp3) is 0.333. The summed E-state index contributed by atoms with van der Waals surface area (Å²) >= 11 is 0. The van der Waals surface area contributed by atoms with Crippen LogP contribution in [0.1, 0.15) is 13.8 Å². The van der Waals surface area contributed by atoms with Gasteiger partial charge < -0.3 is 10.1 Å². The molecule has 0 saturated heterocycles. The Bertz CT molecular complexity index is 505. The maximum atomic E-state index is 5.99. The number of likely N-dealkylation sites (N-methyl/N-ethyl adjacent to an activating group) is 1. The fourth-order valence-corrected chi connectivity index (χ4v) is 2.01. The number of fused-ring (bicyclic) bond motifs is 1. The van der Waals surface area contributed by atoms with E-state index in [1.54, 1.807) is 0 Å². The highest BCUT2D eigenvalue weighted by Gasteiger charge is 2.18.